The van der Waals surface area contributed by atoms with E-state index in [0.717, 1.165) is 29.0 Å². The Hall–Kier alpha value is -2.91. The van der Waals surface area contributed by atoms with Gasteiger partial charge >= 0.3 is 6.03 Å². The lowest BCUT2D eigenvalue weighted by atomic mass is 10.2. The number of carbonyl (C=O) groups is 2. The average molecular weight is 454 g/mol. The maximum Gasteiger partial charge on any atom is 0.322 e. The van der Waals surface area contributed by atoms with Crippen LogP contribution in [0.2, 0.25) is 0 Å². The standard InChI is InChI=1S/C22H23N5O2S2/c1-14-8-10-15(11-9-14)23-19(28)21-26-25-20(31-21)18-7-4-12-27(18)22(29)24-16-5-3-6-17(13-16)30-2/h3,5-6,8-11,13,18H,4,7,12H2,1-2H3,(H,23,28)(H,24,29)/t18-/m1/s1. The van der Waals surface area contributed by atoms with Gasteiger partial charge in [0.1, 0.15) is 5.01 Å². The number of likely N-dealkylation sites (tertiary alicyclic amines) is 1. The number of amides is 3. The maximum absolute atomic E-state index is 12.9. The van der Waals surface area contributed by atoms with Crippen molar-refractivity contribution in [3.63, 3.8) is 0 Å². The highest BCUT2D eigenvalue weighted by molar-refractivity contribution is 7.98. The summed E-state index contributed by atoms with van der Waals surface area (Å²) in [5.41, 5.74) is 2.59. The predicted molar refractivity (Wildman–Crippen MR) is 125 cm³/mol. The second kappa shape index (κ2) is 9.49. The van der Waals surface area contributed by atoms with Crippen LogP contribution < -0.4 is 10.6 Å². The molecular formula is C22H23N5O2S2. The SMILES string of the molecule is CSc1cccc(NC(=O)N2CCC[C@@H]2c2nnc(C(=O)Nc3ccc(C)cc3)s2)c1. The molecule has 0 radical (unpaired) electrons. The molecule has 7 nitrogen and oxygen atoms in total. The number of rotatable bonds is 5. The number of benzene rings is 2. The summed E-state index contributed by atoms with van der Waals surface area (Å²) >= 11 is 2.86. The molecule has 1 aliphatic heterocycles. The summed E-state index contributed by atoms with van der Waals surface area (Å²) in [6, 6.07) is 15.0. The number of nitrogens with one attached hydrogen (secondary N) is 2. The number of nitrogens with zero attached hydrogens (tertiary/aromatic N) is 3. The third-order valence-corrected chi connectivity index (χ3v) is 6.81. The van der Waals surface area contributed by atoms with Gasteiger partial charge in [-0.25, -0.2) is 4.79 Å². The number of aryl methyl sites for hydroxylation is 1. The van der Waals surface area contributed by atoms with E-state index < -0.39 is 0 Å². The molecule has 1 atom stereocenters. The number of hydrogen-bond acceptors (Lipinski definition) is 6. The van der Waals surface area contributed by atoms with Crippen LogP contribution in [0.25, 0.3) is 0 Å². The zero-order valence-corrected chi connectivity index (χ0v) is 18.9. The Kier molecular flexibility index (Phi) is 6.53. The first-order chi connectivity index (χ1) is 15.0. The summed E-state index contributed by atoms with van der Waals surface area (Å²) in [5.74, 6) is -0.296. The van der Waals surface area contributed by atoms with Crippen molar-refractivity contribution < 1.29 is 9.59 Å². The number of anilines is 2. The van der Waals surface area contributed by atoms with E-state index in [1.807, 2.05) is 61.7 Å². The summed E-state index contributed by atoms with van der Waals surface area (Å²) in [4.78, 5) is 28.3. The van der Waals surface area contributed by atoms with Gasteiger partial charge < -0.3 is 15.5 Å². The highest BCUT2D eigenvalue weighted by Crippen LogP contribution is 2.34. The van der Waals surface area contributed by atoms with Crippen molar-refractivity contribution in [2.24, 2.45) is 0 Å². The van der Waals surface area contributed by atoms with Crippen LogP contribution in [0, 0.1) is 6.92 Å². The average Bonchev–Trinajstić information content (AvgIpc) is 3.45. The van der Waals surface area contributed by atoms with E-state index in [-0.39, 0.29) is 23.0 Å². The van der Waals surface area contributed by atoms with Gasteiger partial charge in [-0.05, 0) is 56.4 Å². The zero-order valence-electron chi connectivity index (χ0n) is 17.3. The molecule has 2 aromatic carbocycles. The van der Waals surface area contributed by atoms with Gasteiger partial charge in [-0.1, -0.05) is 35.1 Å². The van der Waals surface area contributed by atoms with E-state index in [4.69, 9.17) is 0 Å². The minimum absolute atomic E-state index is 0.165. The quantitative estimate of drug-likeness (QED) is 0.519. The molecule has 0 unspecified atom stereocenters. The van der Waals surface area contributed by atoms with Crippen LogP contribution >= 0.6 is 23.1 Å². The van der Waals surface area contributed by atoms with Gasteiger partial charge in [0.05, 0.1) is 6.04 Å². The van der Waals surface area contributed by atoms with E-state index in [9.17, 15) is 9.59 Å². The van der Waals surface area contributed by atoms with Crippen molar-refractivity contribution >= 4 is 46.4 Å². The number of carbonyl (C=O) groups excluding carboxylic acids is 2. The van der Waals surface area contributed by atoms with Gasteiger partial charge in [-0.3, -0.25) is 4.79 Å². The summed E-state index contributed by atoms with van der Waals surface area (Å²) < 4.78 is 0. The summed E-state index contributed by atoms with van der Waals surface area (Å²) in [6.45, 7) is 2.63. The molecule has 1 aromatic heterocycles. The Morgan fingerprint density at radius 3 is 2.68 bits per heavy atom. The Morgan fingerprint density at radius 2 is 1.90 bits per heavy atom. The topological polar surface area (TPSA) is 87.2 Å². The minimum Gasteiger partial charge on any atom is -0.320 e. The van der Waals surface area contributed by atoms with E-state index in [1.165, 1.54) is 11.3 Å². The van der Waals surface area contributed by atoms with Crippen LogP contribution in [-0.2, 0) is 0 Å². The van der Waals surface area contributed by atoms with Crippen molar-refractivity contribution in [1.29, 1.82) is 0 Å². The van der Waals surface area contributed by atoms with Gasteiger partial charge in [0.25, 0.3) is 5.91 Å². The summed E-state index contributed by atoms with van der Waals surface area (Å²) in [6.07, 6.45) is 3.68. The molecule has 3 amide bonds. The summed E-state index contributed by atoms with van der Waals surface area (Å²) in [5, 5.41) is 15.1. The van der Waals surface area contributed by atoms with Crippen LogP contribution in [0.3, 0.4) is 0 Å². The van der Waals surface area contributed by atoms with Crippen molar-refractivity contribution in [1.82, 2.24) is 15.1 Å². The largest absolute Gasteiger partial charge is 0.322 e. The Bertz CT molecular complexity index is 1080. The smallest absolute Gasteiger partial charge is 0.320 e. The molecule has 31 heavy (non-hydrogen) atoms. The number of aromatic nitrogens is 2. The maximum atomic E-state index is 12.9. The first kappa shape index (κ1) is 21.3. The van der Waals surface area contributed by atoms with Gasteiger partial charge in [0, 0.05) is 22.8 Å². The van der Waals surface area contributed by atoms with Gasteiger partial charge in [0.15, 0.2) is 0 Å². The van der Waals surface area contributed by atoms with Crippen LogP contribution in [0.4, 0.5) is 16.2 Å². The van der Waals surface area contributed by atoms with Gasteiger partial charge in [-0.15, -0.1) is 22.0 Å². The van der Waals surface area contributed by atoms with Crippen molar-refractivity contribution in [2.75, 3.05) is 23.4 Å². The lowest BCUT2D eigenvalue weighted by Gasteiger charge is -2.23. The molecule has 2 heterocycles. The first-order valence-electron chi connectivity index (χ1n) is 9.96. The molecule has 0 bridgehead atoms. The van der Waals surface area contributed by atoms with Gasteiger partial charge in [-0.2, -0.15) is 0 Å². The molecule has 0 aliphatic carbocycles. The highest BCUT2D eigenvalue weighted by Gasteiger charge is 2.33. The number of thioether (sulfide) groups is 1. The highest BCUT2D eigenvalue weighted by atomic mass is 32.2. The fraction of sp³-hybridized carbons (Fsp3) is 0.273. The minimum atomic E-state index is -0.296. The molecule has 2 N–H and O–H groups in total. The van der Waals surface area contributed by atoms with Crippen LogP contribution in [0.15, 0.2) is 53.4 Å². The monoisotopic (exact) mass is 453 g/mol. The predicted octanol–water partition coefficient (Wildman–Crippen LogP) is 5.19. The first-order valence-corrected chi connectivity index (χ1v) is 12.0. The van der Waals surface area contributed by atoms with E-state index >= 15 is 0 Å². The Morgan fingerprint density at radius 1 is 1.10 bits per heavy atom. The molecule has 1 saturated heterocycles. The molecule has 0 spiro atoms. The normalized spacial score (nSPS) is 15.7. The number of urea groups is 1. The van der Waals surface area contributed by atoms with Crippen molar-refractivity contribution in [3.8, 4) is 0 Å². The van der Waals surface area contributed by atoms with Crippen molar-refractivity contribution in [2.45, 2.75) is 30.7 Å². The third kappa shape index (κ3) is 5.05. The molecule has 4 rings (SSSR count). The van der Waals surface area contributed by atoms with E-state index in [1.54, 1.807) is 16.7 Å². The van der Waals surface area contributed by atoms with E-state index in [0.29, 0.717) is 17.2 Å². The molecular weight excluding hydrogens is 430 g/mol. The zero-order chi connectivity index (χ0) is 21.8. The third-order valence-electron chi connectivity index (χ3n) is 5.06. The molecule has 3 aromatic rings. The Balaban J connectivity index is 1.43. The fourth-order valence-corrected chi connectivity index (χ4v) is 4.79. The van der Waals surface area contributed by atoms with E-state index in [2.05, 4.69) is 20.8 Å². The van der Waals surface area contributed by atoms with Crippen LogP contribution in [0.5, 0.6) is 0 Å². The molecule has 1 fully saturated rings. The molecule has 0 saturated carbocycles. The van der Waals surface area contributed by atoms with Crippen LogP contribution in [0.1, 0.15) is 39.3 Å². The lowest BCUT2D eigenvalue weighted by molar-refractivity contribution is 0.102. The molecule has 160 valence electrons. The van der Waals surface area contributed by atoms with Gasteiger partial charge in [0.2, 0.25) is 5.01 Å². The molecule has 1 aliphatic rings. The second-order valence-corrected chi connectivity index (χ2v) is 9.17. The molecule has 9 heteroatoms. The second-order valence-electron chi connectivity index (χ2n) is 7.28. The lowest BCUT2D eigenvalue weighted by Crippen LogP contribution is -2.34. The fourth-order valence-electron chi connectivity index (χ4n) is 3.45. The summed E-state index contributed by atoms with van der Waals surface area (Å²) in [7, 11) is 0. The number of hydrogen-bond donors (Lipinski definition) is 2. The van der Waals surface area contributed by atoms with Crippen LogP contribution in [-0.4, -0.2) is 39.8 Å². The Labute approximate surface area is 189 Å². The van der Waals surface area contributed by atoms with Crippen molar-refractivity contribution in [3.05, 3.63) is 64.1 Å².